The van der Waals surface area contributed by atoms with E-state index in [0.29, 0.717) is 6.42 Å². The highest BCUT2D eigenvalue weighted by atomic mass is 32.2. The van der Waals surface area contributed by atoms with Gasteiger partial charge in [-0.2, -0.15) is 11.8 Å². The van der Waals surface area contributed by atoms with Gasteiger partial charge in [0.15, 0.2) is 0 Å². The van der Waals surface area contributed by atoms with E-state index >= 15 is 0 Å². The van der Waals surface area contributed by atoms with Gasteiger partial charge in [0.2, 0.25) is 5.91 Å². The Kier molecular flexibility index (Phi) is 5.73. The predicted molar refractivity (Wildman–Crippen MR) is 84.3 cm³/mol. The van der Waals surface area contributed by atoms with Crippen LogP contribution in [0.2, 0.25) is 0 Å². The van der Waals surface area contributed by atoms with Crippen molar-refractivity contribution < 1.29 is 9.53 Å². The largest absolute Gasteiger partial charge is 0.493 e. The van der Waals surface area contributed by atoms with E-state index in [9.17, 15) is 4.79 Å². The molecule has 0 aliphatic heterocycles. The quantitative estimate of drug-likeness (QED) is 0.773. The van der Waals surface area contributed by atoms with E-state index in [-0.39, 0.29) is 5.91 Å². The molecule has 0 saturated heterocycles. The SMILES string of the molecule is CSCC[C@H](N)C(=O)Nc1ccc(OCC2CC2)cc1. The molecule has 1 amide bonds. The van der Waals surface area contributed by atoms with Crippen LogP contribution in [-0.2, 0) is 4.79 Å². The van der Waals surface area contributed by atoms with Crippen molar-refractivity contribution in [3.63, 3.8) is 0 Å². The highest BCUT2D eigenvalue weighted by Gasteiger charge is 2.21. The van der Waals surface area contributed by atoms with E-state index < -0.39 is 6.04 Å². The molecule has 2 rings (SSSR count). The maximum atomic E-state index is 11.8. The molecule has 1 fully saturated rings. The van der Waals surface area contributed by atoms with Gasteiger partial charge in [0.05, 0.1) is 12.6 Å². The second kappa shape index (κ2) is 7.55. The number of amides is 1. The number of nitrogens with one attached hydrogen (secondary N) is 1. The first kappa shape index (κ1) is 15.2. The molecular formula is C15H22N2O2S. The lowest BCUT2D eigenvalue weighted by Crippen LogP contribution is -2.36. The van der Waals surface area contributed by atoms with Crippen molar-refractivity contribution in [3.05, 3.63) is 24.3 Å². The van der Waals surface area contributed by atoms with Crippen LogP contribution in [0, 0.1) is 5.92 Å². The second-order valence-electron chi connectivity index (χ2n) is 5.16. The fourth-order valence-electron chi connectivity index (χ4n) is 1.74. The number of hydrogen-bond acceptors (Lipinski definition) is 4. The molecule has 0 unspecified atom stereocenters. The van der Waals surface area contributed by atoms with Gasteiger partial charge in [-0.3, -0.25) is 4.79 Å². The van der Waals surface area contributed by atoms with Gasteiger partial charge < -0.3 is 15.8 Å². The first-order valence-corrected chi connectivity index (χ1v) is 8.36. The van der Waals surface area contributed by atoms with Crippen molar-refractivity contribution in [2.45, 2.75) is 25.3 Å². The van der Waals surface area contributed by atoms with Crippen LogP contribution in [-0.4, -0.2) is 30.6 Å². The summed E-state index contributed by atoms with van der Waals surface area (Å²) in [4.78, 5) is 11.8. The zero-order chi connectivity index (χ0) is 14.4. The summed E-state index contributed by atoms with van der Waals surface area (Å²) in [5.41, 5.74) is 6.58. The first-order chi connectivity index (χ1) is 9.69. The lowest BCUT2D eigenvalue weighted by Gasteiger charge is -2.12. The van der Waals surface area contributed by atoms with Gasteiger partial charge in [-0.25, -0.2) is 0 Å². The van der Waals surface area contributed by atoms with Gasteiger partial charge in [0.25, 0.3) is 0 Å². The number of carbonyl (C=O) groups excluding carboxylic acids is 1. The number of nitrogens with two attached hydrogens (primary N) is 1. The average Bonchev–Trinajstić information content (AvgIpc) is 3.28. The van der Waals surface area contributed by atoms with Gasteiger partial charge >= 0.3 is 0 Å². The maximum absolute atomic E-state index is 11.8. The van der Waals surface area contributed by atoms with Crippen LogP contribution >= 0.6 is 11.8 Å². The van der Waals surface area contributed by atoms with Gasteiger partial charge in [0, 0.05) is 5.69 Å². The van der Waals surface area contributed by atoms with Crippen LogP contribution in [0.5, 0.6) is 5.75 Å². The van der Waals surface area contributed by atoms with E-state index in [1.807, 2.05) is 30.5 Å². The van der Waals surface area contributed by atoms with Crippen LogP contribution in [0.25, 0.3) is 0 Å². The lowest BCUT2D eigenvalue weighted by atomic mass is 10.2. The summed E-state index contributed by atoms with van der Waals surface area (Å²) in [6.07, 6.45) is 5.25. The lowest BCUT2D eigenvalue weighted by molar-refractivity contribution is -0.117. The van der Waals surface area contributed by atoms with Crippen LogP contribution in [0.15, 0.2) is 24.3 Å². The zero-order valence-corrected chi connectivity index (χ0v) is 12.6. The Hall–Kier alpha value is -1.20. The Bertz CT molecular complexity index is 432. The number of rotatable bonds is 8. The fraction of sp³-hybridized carbons (Fsp3) is 0.533. The molecule has 0 radical (unpaired) electrons. The predicted octanol–water partition coefficient (Wildman–Crippen LogP) is 2.49. The summed E-state index contributed by atoms with van der Waals surface area (Å²) in [7, 11) is 0. The first-order valence-electron chi connectivity index (χ1n) is 6.97. The van der Waals surface area contributed by atoms with Gasteiger partial charge in [0.1, 0.15) is 5.75 Å². The summed E-state index contributed by atoms with van der Waals surface area (Å²) in [5, 5.41) is 2.83. The molecule has 0 aromatic heterocycles. The van der Waals surface area contributed by atoms with E-state index in [4.69, 9.17) is 10.5 Å². The third-order valence-corrected chi connectivity index (χ3v) is 3.92. The molecule has 110 valence electrons. The summed E-state index contributed by atoms with van der Waals surface area (Å²) >= 11 is 1.69. The Morgan fingerprint density at radius 3 is 2.75 bits per heavy atom. The molecule has 1 atom stereocenters. The molecule has 0 spiro atoms. The molecule has 5 heteroatoms. The topological polar surface area (TPSA) is 64.4 Å². The van der Waals surface area contributed by atoms with E-state index in [0.717, 1.165) is 29.7 Å². The molecule has 0 bridgehead atoms. The third kappa shape index (κ3) is 5.06. The van der Waals surface area contributed by atoms with Gasteiger partial charge in [-0.1, -0.05) is 0 Å². The molecule has 4 nitrogen and oxygen atoms in total. The van der Waals surface area contributed by atoms with Crippen LogP contribution in [0.1, 0.15) is 19.3 Å². The Labute approximate surface area is 124 Å². The van der Waals surface area contributed by atoms with Crippen molar-refractivity contribution in [1.29, 1.82) is 0 Å². The highest BCUT2D eigenvalue weighted by molar-refractivity contribution is 7.98. The molecule has 3 N–H and O–H groups in total. The Balaban J connectivity index is 1.78. The Morgan fingerprint density at radius 1 is 1.45 bits per heavy atom. The monoisotopic (exact) mass is 294 g/mol. The summed E-state index contributed by atoms with van der Waals surface area (Å²) < 4.78 is 5.65. The standard InChI is InChI=1S/C15H22N2O2S/c1-20-9-8-14(16)15(18)17-12-4-6-13(7-5-12)19-10-11-2-3-11/h4-7,11,14H,2-3,8-10,16H2,1H3,(H,17,18)/t14-/m0/s1. The molecule has 1 aliphatic carbocycles. The van der Waals surface area contributed by atoms with Crippen LogP contribution < -0.4 is 15.8 Å². The van der Waals surface area contributed by atoms with Gasteiger partial charge in [-0.05, 0) is 61.5 Å². The highest BCUT2D eigenvalue weighted by Crippen LogP contribution is 2.29. The molecule has 20 heavy (non-hydrogen) atoms. The smallest absolute Gasteiger partial charge is 0.241 e. The molecule has 0 heterocycles. The van der Waals surface area contributed by atoms with Crippen molar-refractivity contribution in [2.75, 3.05) is 23.9 Å². The van der Waals surface area contributed by atoms with Crippen molar-refractivity contribution in [1.82, 2.24) is 0 Å². The molecule has 1 saturated carbocycles. The zero-order valence-electron chi connectivity index (χ0n) is 11.8. The molecule has 1 aliphatic rings. The summed E-state index contributed by atoms with van der Waals surface area (Å²) in [6.45, 7) is 0.797. The van der Waals surface area contributed by atoms with Crippen molar-refractivity contribution in [2.24, 2.45) is 11.7 Å². The number of ether oxygens (including phenoxy) is 1. The average molecular weight is 294 g/mol. The molecule has 1 aromatic carbocycles. The van der Waals surface area contributed by atoms with E-state index in [1.165, 1.54) is 12.8 Å². The van der Waals surface area contributed by atoms with Crippen molar-refractivity contribution in [3.8, 4) is 5.75 Å². The summed E-state index contributed by atoms with van der Waals surface area (Å²) in [5.74, 6) is 2.35. The minimum atomic E-state index is -0.451. The Morgan fingerprint density at radius 2 is 2.15 bits per heavy atom. The normalized spacial score (nSPS) is 15.7. The van der Waals surface area contributed by atoms with E-state index in [2.05, 4.69) is 5.32 Å². The molecule has 1 aromatic rings. The van der Waals surface area contributed by atoms with E-state index in [1.54, 1.807) is 11.8 Å². The number of benzene rings is 1. The third-order valence-electron chi connectivity index (χ3n) is 3.27. The number of hydrogen-bond donors (Lipinski definition) is 2. The number of thioether (sulfide) groups is 1. The minimum absolute atomic E-state index is 0.134. The maximum Gasteiger partial charge on any atom is 0.241 e. The minimum Gasteiger partial charge on any atom is -0.493 e. The van der Waals surface area contributed by atoms with Crippen LogP contribution in [0.4, 0.5) is 5.69 Å². The number of carbonyl (C=O) groups is 1. The van der Waals surface area contributed by atoms with Crippen molar-refractivity contribution >= 4 is 23.4 Å². The number of anilines is 1. The van der Waals surface area contributed by atoms with Gasteiger partial charge in [-0.15, -0.1) is 0 Å². The summed E-state index contributed by atoms with van der Waals surface area (Å²) in [6, 6.07) is 7.01. The fourth-order valence-corrected chi connectivity index (χ4v) is 2.23. The molecular weight excluding hydrogens is 272 g/mol. The van der Waals surface area contributed by atoms with Crippen LogP contribution in [0.3, 0.4) is 0 Å². The second-order valence-corrected chi connectivity index (χ2v) is 6.14.